The molecule has 1 aromatic heterocycles. The van der Waals surface area contributed by atoms with Crippen molar-refractivity contribution in [3.63, 3.8) is 0 Å². The van der Waals surface area contributed by atoms with Crippen LogP contribution in [0.3, 0.4) is 0 Å². The molecule has 0 saturated carbocycles. The standard InChI is InChI=1S/C13H20N2OS/c1-8(2)12(14)13(16)15-6-4-11-10(9(15)3)5-7-17-11/h5,7-9,12H,4,6,14H2,1-3H3/t9?,12-/m0/s1. The normalized spacial score (nSPS) is 21.5. The molecule has 1 amide bonds. The van der Waals surface area contributed by atoms with Gasteiger partial charge < -0.3 is 10.6 Å². The third-order valence-corrected chi connectivity index (χ3v) is 4.56. The fraction of sp³-hybridized carbons (Fsp3) is 0.615. The summed E-state index contributed by atoms with van der Waals surface area (Å²) >= 11 is 1.79. The van der Waals surface area contributed by atoms with E-state index in [1.54, 1.807) is 11.3 Å². The van der Waals surface area contributed by atoms with Crippen molar-refractivity contribution in [3.8, 4) is 0 Å². The molecule has 2 heterocycles. The van der Waals surface area contributed by atoms with Gasteiger partial charge in [-0.05, 0) is 36.3 Å². The summed E-state index contributed by atoms with van der Waals surface area (Å²) in [7, 11) is 0. The Bertz CT molecular complexity index is 413. The Labute approximate surface area is 107 Å². The van der Waals surface area contributed by atoms with Crippen LogP contribution in [0.1, 0.15) is 37.3 Å². The Morgan fingerprint density at radius 2 is 2.29 bits per heavy atom. The molecule has 1 unspecified atom stereocenters. The minimum absolute atomic E-state index is 0.0874. The molecule has 2 atom stereocenters. The summed E-state index contributed by atoms with van der Waals surface area (Å²) in [5.41, 5.74) is 7.26. The van der Waals surface area contributed by atoms with Crippen LogP contribution in [0.25, 0.3) is 0 Å². The smallest absolute Gasteiger partial charge is 0.240 e. The summed E-state index contributed by atoms with van der Waals surface area (Å²) in [4.78, 5) is 15.6. The first-order chi connectivity index (χ1) is 8.02. The van der Waals surface area contributed by atoms with Gasteiger partial charge in [0, 0.05) is 11.4 Å². The van der Waals surface area contributed by atoms with Gasteiger partial charge in [-0.3, -0.25) is 4.79 Å². The lowest BCUT2D eigenvalue weighted by Crippen LogP contribution is -2.49. The summed E-state index contributed by atoms with van der Waals surface area (Å²) in [5, 5.41) is 2.11. The molecule has 3 nitrogen and oxygen atoms in total. The van der Waals surface area contributed by atoms with Crippen LogP contribution in [0.15, 0.2) is 11.4 Å². The molecular weight excluding hydrogens is 232 g/mol. The number of carbonyl (C=O) groups excluding carboxylic acids is 1. The van der Waals surface area contributed by atoms with E-state index in [1.165, 1.54) is 10.4 Å². The predicted molar refractivity (Wildman–Crippen MR) is 71.0 cm³/mol. The largest absolute Gasteiger partial charge is 0.334 e. The molecule has 1 aliphatic heterocycles. The van der Waals surface area contributed by atoms with Crippen molar-refractivity contribution < 1.29 is 4.79 Å². The SMILES string of the molecule is CC(C)[C@H](N)C(=O)N1CCc2sccc2C1C. The minimum Gasteiger partial charge on any atom is -0.334 e. The Morgan fingerprint density at radius 1 is 1.59 bits per heavy atom. The monoisotopic (exact) mass is 252 g/mol. The quantitative estimate of drug-likeness (QED) is 0.877. The molecule has 0 radical (unpaired) electrons. The molecule has 2 N–H and O–H groups in total. The Kier molecular flexibility index (Phi) is 3.54. The first kappa shape index (κ1) is 12.6. The lowest BCUT2D eigenvalue weighted by Gasteiger charge is -2.36. The first-order valence-electron chi connectivity index (χ1n) is 6.14. The zero-order valence-corrected chi connectivity index (χ0v) is 11.5. The number of rotatable bonds is 2. The predicted octanol–water partition coefficient (Wildman–Crippen LogP) is 2.18. The number of fused-ring (bicyclic) bond motifs is 1. The molecule has 94 valence electrons. The Morgan fingerprint density at radius 3 is 2.94 bits per heavy atom. The van der Waals surface area contributed by atoms with Crippen molar-refractivity contribution in [1.82, 2.24) is 4.90 Å². The lowest BCUT2D eigenvalue weighted by atomic mass is 9.98. The van der Waals surface area contributed by atoms with Crippen molar-refractivity contribution in [2.75, 3.05) is 6.54 Å². The van der Waals surface area contributed by atoms with Gasteiger partial charge >= 0.3 is 0 Å². The maximum atomic E-state index is 12.3. The number of nitrogens with zero attached hydrogens (tertiary/aromatic N) is 1. The van der Waals surface area contributed by atoms with Crippen molar-refractivity contribution >= 4 is 17.2 Å². The molecule has 0 spiro atoms. The van der Waals surface area contributed by atoms with Gasteiger partial charge in [-0.2, -0.15) is 0 Å². The molecule has 0 saturated heterocycles. The van der Waals surface area contributed by atoms with E-state index in [0.29, 0.717) is 0 Å². The third-order valence-electron chi connectivity index (χ3n) is 3.56. The molecule has 2 rings (SSSR count). The number of carbonyl (C=O) groups is 1. The van der Waals surface area contributed by atoms with Gasteiger partial charge in [-0.1, -0.05) is 13.8 Å². The number of amides is 1. The number of hydrogen-bond acceptors (Lipinski definition) is 3. The second kappa shape index (κ2) is 4.78. The van der Waals surface area contributed by atoms with Crippen LogP contribution in [0, 0.1) is 5.92 Å². The van der Waals surface area contributed by atoms with Crippen molar-refractivity contribution in [3.05, 3.63) is 21.9 Å². The van der Waals surface area contributed by atoms with E-state index < -0.39 is 0 Å². The average molecular weight is 252 g/mol. The fourth-order valence-corrected chi connectivity index (χ4v) is 3.25. The van der Waals surface area contributed by atoms with Gasteiger partial charge in [-0.25, -0.2) is 0 Å². The highest BCUT2D eigenvalue weighted by atomic mass is 32.1. The summed E-state index contributed by atoms with van der Waals surface area (Å²) in [5.74, 6) is 0.280. The van der Waals surface area contributed by atoms with E-state index in [1.807, 2.05) is 18.7 Å². The van der Waals surface area contributed by atoms with E-state index in [9.17, 15) is 4.79 Å². The summed E-state index contributed by atoms with van der Waals surface area (Å²) in [6, 6.07) is 1.92. The van der Waals surface area contributed by atoms with Gasteiger partial charge in [0.1, 0.15) is 0 Å². The number of thiophene rings is 1. The molecule has 1 aromatic rings. The third kappa shape index (κ3) is 2.24. The molecular formula is C13H20N2OS. The Balaban J connectivity index is 2.17. The molecule has 0 fully saturated rings. The van der Waals surface area contributed by atoms with Crippen LogP contribution in [-0.4, -0.2) is 23.4 Å². The van der Waals surface area contributed by atoms with Crippen molar-refractivity contribution in [2.24, 2.45) is 11.7 Å². The van der Waals surface area contributed by atoms with Gasteiger partial charge in [0.15, 0.2) is 0 Å². The van der Waals surface area contributed by atoms with Gasteiger partial charge in [0.05, 0.1) is 12.1 Å². The molecule has 0 aliphatic carbocycles. The highest BCUT2D eigenvalue weighted by molar-refractivity contribution is 7.10. The van der Waals surface area contributed by atoms with E-state index in [2.05, 4.69) is 18.4 Å². The van der Waals surface area contributed by atoms with Crippen molar-refractivity contribution in [2.45, 2.75) is 39.3 Å². The molecule has 0 bridgehead atoms. The van der Waals surface area contributed by atoms with E-state index in [-0.39, 0.29) is 23.9 Å². The molecule has 0 aromatic carbocycles. The molecule has 4 heteroatoms. The topological polar surface area (TPSA) is 46.3 Å². The average Bonchev–Trinajstić information content (AvgIpc) is 2.76. The van der Waals surface area contributed by atoms with E-state index in [4.69, 9.17) is 5.73 Å². The number of hydrogen-bond donors (Lipinski definition) is 1. The van der Waals surface area contributed by atoms with Crippen LogP contribution < -0.4 is 5.73 Å². The first-order valence-corrected chi connectivity index (χ1v) is 7.02. The van der Waals surface area contributed by atoms with Gasteiger partial charge in [0.2, 0.25) is 5.91 Å². The minimum atomic E-state index is -0.377. The molecule has 17 heavy (non-hydrogen) atoms. The van der Waals surface area contributed by atoms with Gasteiger partial charge in [0.25, 0.3) is 0 Å². The number of nitrogens with two attached hydrogens (primary N) is 1. The lowest BCUT2D eigenvalue weighted by molar-refractivity contribution is -0.136. The zero-order valence-electron chi connectivity index (χ0n) is 10.6. The highest BCUT2D eigenvalue weighted by Crippen LogP contribution is 2.33. The zero-order chi connectivity index (χ0) is 12.6. The van der Waals surface area contributed by atoms with Crippen LogP contribution in [-0.2, 0) is 11.2 Å². The summed E-state index contributed by atoms with van der Waals surface area (Å²) < 4.78 is 0. The second-order valence-electron chi connectivity index (χ2n) is 5.03. The maximum absolute atomic E-state index is 12.3. The van der Waals surface area contributed by atoms with Gasteiger partial charge in [-0.15, -0.1) is 11.3 Å². The fourth-order valence-electron chi connectivity index (χ4n) is 2.29. The van der Waals surface area contributed by atoms with E-state index >= 15 is 0 Å². The van der Waals surface area contributed by atoms with Crippen LogP contribution in [0.4, 0.5) is 0 Å². The maximum Gasteiger partial charge on any atom is 0.240 e. The van der Waals surface area contributed by atoms with Crippen LogP contribution in [0.5, 0.6) is 0 Å². The van der Waals surface area contributed by atoms with E-state index in [0.717, 1.165) is 13.0 Å². The van der Waals surface area contributed by atoms with Crippen LogP contribution >= 0.6 is 11.3 Å². The second-order valence-corrected chi connectivity index (χ2v) is 6.03. The van der Waals surface area contributed by atoms with Crippen molar-refractivity contribution in [1.29, 1.82) is 0 Å². The summed E-state index contributed by atoms with van der Waals surface area (Å²) in [6.07, 6.45) is 0.966. The summed E-state index contributed by atoms with van der Waals surface area (Å²) in [6.45, 7) is 6.88. The highest BCUT2D eigenvalue weighted by Gasteiger charge is 2.31. The Hall–Kier alpha value is -0.870. The van der Waals surface area contributed by atoms with Crippen LogP contribution in [0.2, 0.25) is 0 Å². The molecule has 1 aliphatic rings.